The van der Waals surface area contributed by atoms with Crippen molar-refractivity contribution in [1.82, 2.24) is 14.0 Å². The minimum atomic E-state index is -0.133. The fourth-order valence-corrected chi connectivity index (χ4v) is 2.68. The maximum Gasteiger partial charge on any atom is 0.331 e. The number of nitrogens with zero attached hydrogens (tertiary/aromatic N) is 3. The topological polar surface area (TPSA) is 59.6 Å². The standard InChI is InChI=1S/C14H25N3O3/c1-4-11(2)12-13(18)17(14(19)15(12)3)6-5-16-7-9-20-10-8-16/h11,18H,4-10H2,1-3H3/t11-/m0/s1. The number of ether oxygens (including phenoxy) is 1. The molecular weight excluding hydrogens is 258 g/mol. The number of aromatic hydroxyl groups is 1. The lowest BCUT2D eigenvalue weighted by atomic mass is 10.1. The van der Waals surface area contributed by atoms with Gasteiger partial charge in [0.1, 0.15) is 0 Å². The van der Waals surface area contributed by atoms with Gasteiger partial charge in [-0.2, -0.15) is 0 Å². The van der Waals surface area contributed by atoms with Crippen LogP contribution in [0.25, 0.3) is 0 Å². The average molecular weight is 283 g/mol. The average Bonchev–Trinajstić information content (AvgIpc) is 2.68. The van der Waals surface area contributed by atoms with Crippen molar-refractivity contribution in [2.45, 2.75) is 32.7 Å². The molecule has 1 aliphatic heterocycles. The van der Waals surface area contributed by atoms with Gasteiger partial charge in [-0.05, 0) is 6.42 Å². The first-order chi connectivity index (χ1) is 9.56. The van der Waals surface area contributed by atoms with Gasteiger partial charge in [-0.25, -0.2) is 4.79 Å². The van der Waals surface area contributed by atoms with Crippen molar-refractivity contribution in [1.29, 1.82) is 0 Å². The molecule has 1 aliphatic rings. The highest BCUT2D eigenvalue weighted by Crippen LogP contribution is 2.26. The van der Waals surface area contributed by atoms with Gasteiger partial charge >= 0.3 is 5.69 Å². The Kier molecular flexibility index (Phi) is 4.88. The summed E-state index contributed by atoms with van der Waals surface area (Å²) in [5.74, 6) is 0.303. The van der Waals surface area contributed by atoms with Gasteiger partial charge in [-0.3, -0.25) is 14.0 Å². The third-order valence-electron chi connectivity index (χ3n) is 4.19. The van der Waals surface area contributed by atoms with E-state index in [0.717, 1.165) is 45.0 Å². The largest absolute Gasteiger partial charge is 0.493 e. The quantitative estimate of drug-likeness (QED) is 0.866. The first-order valence-electron chi connectivity index (χ1n) is 7.34. The molecule has 0 amide bonds. The highest BCUT2D eigenvalue weighted by atomic mass is 16.5. The lowest BCUT2D eigenvalue weighted by Gasteiger charge is -2.26. The molecule has 114 valence electrons. The fraction of sp³-hybridized carbons (Fsp3) is 0.786. The van der Waals surface area contributed by atoms with E-state index in [2.05, 4.69) is 11.8 Å². The molecule has 6 nitrogen and oxygen atoms in total. The smallest absolute Gasteiger partial charge is 0.331 e. The van der Waals surface area contributed by atoms with Crippen molar-refractivity contribution in [3.05, 3.63) is 16.2 Å². The Bertz CT molecular complexity index is 500. The summed E-state index contributed by atoms with van der Waals surface area (Å²) >= 11 is 0. The molecule has 1 fully saturated rings. The third kappa shape index (κ3) is 2.91. The van der Waals surface area contributed by atoms with Crippen LogP contribution in [-0.2, 0) is 18.3 Å². The minimum absolute atomic E-state index is 0.125. The molecule has 20 heavy (non-hydrogen) atoms. The van der Waals surface area contributed by atoms with Crippen LogP contribution in [0.4, 0.5) is 0 Å². The van der Waals surface area contributed by atoms with Crippen molar-refractivity contribution in [3.63, 3.8) is 0 Å². The Morgan fingerprint density at radius 3 is 2.55 bits per heavy atom. The summed E-state index contributed by atoms with van der Waals surface area (Å²) in [6, 6.07) is 0. The second kappa shape index (κ2) is 6.45. The molecular formula is C14H25N3O3. The Labute approximate surface area is 119 Å². The van der Waals surface area contributed by atoms with E-state index in [1.807, 2.05) is 6.92 Å². The summed E-state index contributed by atoms with van der Waals surface area (Å²) in [6.07, 6.45) is 0.897. The molecule has 0 unspecified atom stereocenters. The number of hydrogen-bond acceptors (Lipinski definition) is 4. The van der Waals surface area contributed by atoms with Crippen LogP contribution in [0, 0.1) is 0 Å². The van der Waals surface area contributed by atoms with Crippen LogP contribution in [0.3, 0.4) is 0 Å². The summed E-state index contributed by atoms with van der Waals surface area (Å²) in [5, 5.41) is 10.3. The molecule has 2 rings (SSSR count). The van der Waals surface area contributed by atoms with Crippen molar-refractivity contribution in [2.24, 2.45) is 7.05 Å². The molecule has 0 spiro atoms. The van der Waals surface area contributed by atoms with E-state index >= 15 is 0 Å². The van der Waals surface area contributed by atoms with Crippen LogP contribution >= 0.6 is 0 Å². The van der Waals surface area contributed by atoms with Crippen LogP contribution in [0.15, 0.2) is 4.79 Å². The maximum atomic E-state index is 12.2. The van der Waals surface area contributed by atoms with Crippen LogP contribution in [0.5, 0.6) is 5.88 Å². The Morgan fingerprint density at radius 2 is 1.95 bits per heavy atom. The highest BCUT2D eigenvalue weighted by Gasteiger charge is 2.21. The lowest BCUT2D eigenvalue weighted by Crippen LogP contribution is -2.39. The third-order valence-corrected chi connectivity index (χ3v) is 4.19. The molecule has 6 heteroatoms. The van der Waals surface area contributed by atoms with E-state index in [1.165, 1.54) is 4.57 Å². The van der Waals surface area contributed by atoms with Crippen LogP contribution in [0.2, 0.25) is 0 Å². The van der Waals surface area contributed by atoms with Gasteiger partial charge in [0.15, 0.2) is 0 Å². The Hall–Kier alpha value is -1.27. The fourth-order valence-electron chi connectivity index (χ4n) is 2.68. The van der Waals surface area contributed by atoms with Crippen LogP contribution in [-0.4, -0.2) is 52.0 Å². The van der Waals surface area contributed by atoms with Crippen molar-refractivity contribution >= 4 is 0 Å². The zero-order valence-electron chi connectivity index (χ0n) is 12.6. The molecule has 1 N–H and O–H groups in total. The zero-order valence-corrected chi connectivity index (χ0v) is 12.6. The molecule has 1 aromatic rings. The SMILES string of the molecule is CC[C@H](C)c1c(O)n(CCN2CCOCC2)c(=O)n1C. The summed E-state index contributed by atoms with van der Waals surface area (Å²) in [5.41, 5.74) is 0.602. The molecule has 0 aromatic carbocycles. The van der Waals surface area contributed by atoms with Gasteiger partial charge in [-0.15, -0.1) is 0 Å². The van der Waals surface area contributed by atoms with Crippen LogP contribution in [0.1, 0.15) is 31.9 Å². The maximum absolute atomic E-state index is 12.2. The van der Waals surface area contributed by atoms with Crippen molar-refractivity contribution in [2.75, 3.05) is 32.8 Å². The van der Waals surface area contributed by atoms with E-state index in [4.69, 9.17) is 4.74 Å². The minimum Gasteiger partial charge on any atom is -0.493 e. The number of morpholine rings is 1. The second-order valence-electron chi connectivity index (χ2n) is 5.47. The monoisotopic (exact) mass is 283 g/mol. The predicted octanol–water partition coefficient (Wildman–Crippen LogP) is 0.738. The van der Waals surface area contributed by atoms with Gasteiger partial charge in [0.25, 0.3) is 0 Å². The van der Waals surface area contributed by atoms with E-state index in [0.29, 0.717) is 6.54 Å². The molecule has 1 aromatic heterocycles. The highest BCUT2D eigenvalue weighted by molar-refractivity contribution is 5.24. The lowest BCUT2D eigenvalue weighted by molar-refractivity contribution is 0.0360. The van der Waals surface area contributed by atoms with Gasteiger partial charge in [0.2, 0.25) is 5.88 Å². The number of hydrogen-bond donors (Lipinski definition) is 1. The molecule has 0 saturated carbocycles. The van der Waals surface area contributed by atoms with E-state index in [9.17, 15) is 9.90 Å². The van der Waals surface area contributed by atoms with Gasteiger partial charge < -0.3 is 9.84 Å². The number of rotatable bonds is 5. The van der Waals surface area contributed by atoms with Gasteiger partial charge in [0, 0.05) is 39.1 Å². The molecule has 0 bridgehead atoms. The molecule has 0 aliphatic carbocycles. The predicted molar refractivity (Wildman–Crippen MR) is 77.3 cm³/mol. The van der Waals surface area contributed by atoms with E-state index in [1.54, 1.807) is 11.6 Å². The molecule has 2 heterocycles. The summed E-state index contributed by atoms with van der Waals surface area (Å²) in [7, 11) is 1.73. The van der Waals surface area contributed by atoms with Gasteiger partial charge in [0.05, 0.1) is 18.9 Å². The Balaban J connectivity index is 2.13. The summed E-state index contributed by atoms with van der Waals surface area (Å²) in [4.78, 5) is 14.5. The second-order valence-corrected chi connectivity index (χ2v) is 5.47. The molecule has 1 saturated heterocycles. The van der Waals surface area contributed by atoms with E-state index in [-0.39, 0.29) is 17.5 Å². The van der Waals surface area contributed by atoms with Crippen molar-refractivity contribution in [3.8, 4) is 5.88 Å². The Morgan fingerprint density at radius 1 is 1.30 bits per heavy atom. The van der Waals surface area contributed by atoms with Gasteiger partial charge in [-0.1, -0.05) is 13.8 Å². The van der Waals surface area contributed by atoms with Crippen molar-refractivity contribution < 1.29 is 9.84 Å². The van der Waals surface area contributed by atoms with Crippen LogP contribution < -0.4 is 5.69 Å². The summed E-state index contributed by atoms with van der Waals surface area (Å²) in [6.45, 7) is 8.64. The molecule has 1 atom stereocenters. The molecule has 0 radical (unpaired) electrons. The first kappa shape index (κ1) is 15.1. The summed E-state index contributed by atoms with van der Waals surface area (Å²) < 4.78 is 8.36. The van der Waals surface area contributed by atoms with E-state index < -0.39 is 0 Å². The number of aromatic nitrogens is 2. The normalized spacial score (nSPS) is 18.4. The zero-order chi connectivity index (χ0) is 14.7. The first-order valence-corrected chi connectivity index (χ1v) is 7.34. The number of imidazole rings is 1.